The van der Waals surface area contributed by atoms with Gasteiger partial charge in [-0.1, -0.05) is 0 Å². The smallest absolute Gasteiger partial charge is 0.270 e. The molecule has 0 saturated heterocycles. The average Bonchev–Trinajstić information content (AvgIpc) is 2.98. The summed E-state index contributed by atoms with van der Waals surface area (Å²) < 4.78 is 1.82. The fourth-order valence-electron chi connectivity index (χ4n) is 1.42. The van der Waals surface area contributed by atoms with Crippen LogP contribution in [0.25, 0.3) is 0 Å². The van der Waals surface area contributed by atoms with E-state index < -0.39 is 0 Å². The minimum Gasteiger partial charge on any atom is -0.350 e. The molecule has 0 aliphatic heterocycles. The van der Waals surface area contributed by atoms with Gasteiger partial charge in [-0.05, 0) is 0 Å². The van der Waals surface area contributed by atoms with E-state index in [1.165, 1.54) is 11.3 Å². The van der Waals surface area contributed by atoms with Gasteiger partial charge in [0.05, 0.1) is 0 Å². The third-order valence-electron chi connectivity index (χ3n) is 2.40. The molecule has 0 bridgehead atoms. The molecule has 8 heteroatoms. The Bertz CT molecular complexity index is 534. The largest absolute Gasteiger partial charge is 0.350 e. The van der Waals surface area contributed by atoms with Crippen molar-refractivity contribution in [2.45, 2.75) is 13.0 Å². The van der Waals surface area contributed by atoms with Crippen molar-refractivity contribution in [3.05, 3.63) is 28.2 Å². The number of nitrogens with one attached hydrogen (secondary N) is 1. The molecule has 0 saturated carbocycles. The van der Waals surface area contributed by atoms with Crippen LogP contribution in [0.5, 0.6) is 0 Å². The summed E-state index contributed by atoms with van der Waals surface area (Å²) in [4.78, 5) is 15.8. The maximum Gasteiger partial charge on any atom is 0.270 e. The van der Waals surface area contributed by atoms with Crippen molar-refractivity contribution in [1.82, 2.24) is 25.1 Å². The van der Waals surface area contributed by atoms with E-state index in [0.29, 0.717) is 25.2 Å². The van der Waals surface area contributed by atoms with Crippen LogP contribution >= 0.6 is 11.3 Å². The fourth-order valence-corrected chi connectivity index (χ4v) is 2.08. The molecule has 0 aliphatic rings. The fraction of sp³-hybridized carbons (Fsp3) is 0.400. The van der Waals surface area contributed by atoms with Crippen LogP contribution in [0, 0.1) is 0 Å². The predicted molar refractivity (Wildman–Crippen MR) is 67.0 cm³/mol. The van der Waals surface area contributed by atoms with Crippen LogP contribution in [0.2, 0.25) is 0 Å². The normalized spacial score (nSPS) is 10.6. The van der Waals surface area contributed by atoms with Crippen molar-refractivity contribution in [2.24, 2.45) is 12.8 Å². The lowest BCUT2D eigenvalue weighted by molar-refractivity contribution is 0.0949. The van der Waals surface area contributed by atoms with E-state index in [4.69, 9.17) is 5.73 Å². The van der Waals surface area contributed by atoms with Crippen molar-refractivity contribution in [3.63, 3.8) is 0 Å². The van der Waals surface area contributed by atoms with Gasteiger partial charge in [0.2, 0.25) is 0 Å². The number of carbonyl (C=O) groups is 1. The molecular formula is C10H14N6OS. The summed E-state index contributed by atoms with van der Waals surface area (Å²) in [5.41, 5.74) is 5.86. The second kappa shape index (κ2) is 5.69. The van der Waals surface area contributed by atoms with Gasteiger partial charge in [0, 0.05) is 31.9 Å². The highest BCUT2D eigenvalue weighted by Crippen LogP contribution is 2.08. The Labute approximate surface area is 108 Å². The minimum atomic E-state index is -0.187. The van der Waals surface area contributed by atoms with Crippen molar-refractivity contribution in [1.29, 1.82) is 0 Å². The number of nitrogens with two attached hydrogens (primary N) is 1. The Hall–Kier alpha value is -1.80. The predicted octanol–water partition coefficient (Wildman–Crippen LogP) is -0.297. The van der Waals surface area contributed by atoms with Gasteiger partial charge in [0.15, 0.2) is 0 Å². The number of hydrogen-bond acceptors (Lipinski definition) is 6. The number of carbonyl (C=O) groups excluding carboxylic acids is 1. The molecular weight excluding hydrogens is 252 g/mol. The summed E-state index contributed by atoms with van der Waals surface area (Å²) in [6.07, 6.45) is 2.27. The van der Waals surface area contributed by atoms with Crippen molar-refractivity contribution in [2.75, 3.05) is 6.54 Å². The number of thiazole rings is 1. The van der Waals surface area contributed by atoms with Crippen LogP contribution in [0.1, 0.15) is 21.3 Å². The van der Waals surface area contributed by atoms with E-state index >= 15 is 0 Å². The molecule has 3 N–H and O–H groups in total. The summed E-state index contributed by atoms with van der Waals surface area (Å²) >= 11 is 1.39. The zero-order valence-electron chi connectivity index (χ0n) is 9.96. The lowest BCUT2D eigenvalue weighted by atomic mass is 10.3. The van der Waals surface area contributed by atoms with E-state index in [2.05, 4.69) is 20.5 Å². The maximum atomic E-state index is 11.7. The molecule has 0 radical (unpaired) electrons. The molecule has 7 nitrogen and oxygen atoms in total. The molecule has 0 unspecified atom stereocenters. The highest BCUT2D eigenvalue weighted by atomic mass is 32.1. The van der Waals surface area contributed by atoms with E-state index in [1.807, 2.05) is 11.6 Å². The topological polar surface area (TPSA) is 98.7 Å². The van der Waals surface area contributed by atoms with Gasteiger partial charge in [-0.3, -0.25) is 4.79 Å². The average molecular weight is 266 g/mol. The molecule has 0 atom stereocenters. The second-order valence-corrected chi connectivity index (χ2v) is 4.64. The Morgan fingerprint density at radius 2 is 2.44 bits per heavy atom. The Morgan fingerprint density at radius 1 is 1.61 bits per heavy atom. The van der Waals surface area contributed by atoms with Gasteiger partial charge in [0.25, 0.3) is 5.91 Å². The first kappa shape index (κ1) is 12.7. The third kappa shape index (κ3) is 2.90. The van der Waals surface area contributed by atoms with E-state index in [-0.39, 0.29) is 5.91 Å². The van der Waals surface area contributed by atoms with Crippen molar-refractivity contribution in [3.8, 4) is 0 Å². The summed E-state index contributed by atoms with van der Waals surface area (Å²) in [5.74, 6) is 0.643. The van der Waals surface area contributed by atoms with E-state index in [1.54, 1.807) is 11.7 Å². The molecule has 96 valence electrons. The molecule has 2 rings (SSSR count). The molecule has 18 heavy (non-hydrogen) atoms. The standard InChI is InChI=1S/C10H14N6OS/c1-16-6-13-15-8(16)2-3-12-10(17)7-5-18-9(4-11)14-7/h5-6H,2-4,11H2,1H3,(H,12,17). The zero-order valence-corrected chi connectivity index (χ0v) is 10.8. The number of aryl methyl sites for hydroxylation is 1. The lowest BCUT2D eigenvalue weighted by Crippen LogP contribution is -2.26. The van der Waals surface area contributed by atoms with Gasteiger partial charge >= 0.3 is 0 Å². The van der Waals surface area contributed by atoms with Gasteiger partial charge < -0.3 is 15.6 Å². The zero-order chi connectivity index (χ0) is 13.0. The van der Waals surface area contributed by atoms with Crippen molar-refractivity contribution < 1.29 is 4.79 Å². The van der Waals surface area contributed by atoms with Crippen LogP contribution in [0.4, 0.5) is 0 Å². The number of nitrogens with zero attached hydrogens (tertiary/aromatic N) is 4. The quantitative estimate of drug-likeness (QED) is 0.774. The molecule has 2 aromatic heterocycles. The van der Waals surface area contributed by atoms with Crippen LogP contribution in [0.15, 0.2) is 11.7 Å². The van der Waals surface area contributed by atoms with Gasteiger partial charge in [-0.2, -0.15) is 0 Å². The van der Waals surface area contributed by atoms with Crippen LogP contribution < -0.4 is 11.1 Å². The number of rotatable bonds is 5. The van der Waals surface area contributed by atoms with Crippen molar-refractivity contribution >= 4 is 17.2 Å². The highest BCUT2D eigenvalue weighted by Gasteiger charge is 2.10. The van der Waals surface area contributed by atoms with Crippen LogP contribution in [-0.4, -0.2) is 32.2 Å². The molecule has 1 amide bonds. The SMILES string of the molecule is Cn1cnnc1CCNC(=O)c1csc(CN)n1. The van der Waals surface area contributed by atoms with Gasteiger partial charge in [-0.15, -0.1) is 21.5 Å². The summed E-state index contributed by atoms with van der Waals surface area (Å²) in [5, 5.41) is 13.0. The number of hydrogen-bond donors (Lipinski definition) is 2. The molecule has 0 aromatic carbocycles. The minimum absolute atomic E-state index is 0.187. The first-order valence-electron chi connectivity index (χ1n) is 5.46. The molecule has 2 heterocycles. The molecule has 2 aromatic rings. The molecule has 0 fully saturated rings. The Morgan fingerprint density at radius 3 is 3.06 bits per heavy atom. The molecule has 0 aliphatic carbocycles. The Kier molecular flexibility index (Phi) is 4.00. The highest BCUT2D eigenvalue weighted by molar-refractivity contribution is 7.09. The summed E-state index contributed by atoms with van der Waals surface area (Å²) in [7, 11) is 1.87. The van der Waals surface area contributed by atoms with Gasteiger partial charge in [-0.25, -0.2) is 4.98 Å². The molecule has 0 spiro atoms. The van der Waals surface area contributed by atoms with Gasteiger partial charge in [0.1, 0.15) is 22.9 Å². The maximum absolute atomic E-state index is 11.7. The number of amides is 1. The first-order chi connectivity index (χ1) is 8.70. The third-order valence-corrected chi connectivity index (χ3v) is 3.27. The first-order valence-corrected chi connectivity index (χ1v) is 6.34. The second-order valence-electron chi connectivity index (χ2n) is 3.69. The van der Waals surface area contributed by atoms with Crippen LogP contribution in [-0.2, 0) is 20.0 Å². The monoisotopic (exact) mass is 266 g/mol. The lowest BCUT2D eigenvalue weighted by Gasteiger charge is -2.02. The summed E-state index contributed by atoms with van der Waals surface area (Å²) in [6.45, 7) is 0.859. The number of aromatic nitrogens is 4. The van der Waals surface area contributed by atoms with E-state index in [0.717, 1.165) is 10.8 Å². The Balaban J connectivity index is 1.83. The summed E-state index contributed by atoms with van der Waals surface area (Å²) in [6, 6.07) is 0. The van der Waals surface area contributed by atoms with E-state index in [9.17, 15) is 4.79 Å². The van der Waals surface area contributed by atoms with Crippen LogP contribution in [0.3, 0.4) is 0 Å².